The zero-order valence-electron chi connectivity index (χ0n) is 33.0. The first-order valence-corrected chi connectivity index (χ1v) is 18.1. The third kappa shape index (κ3) is 11.1. The standard InChI is InChI=1S/C41H43F4N5O9/c1-21-33(38(56)49(6)40(59)48(21)5)25-9-7-22(8-10-25)17-30(39(57)58)47-37(55)35-28(44)15-24(16-29(35)45)20-50(31(51)11-12-41(2,3)4)19-23-13-26(42)34(27(43)14-23)36(54)46-18-32(52)53/h7-10,13-16,30H,11-12,17-20H2,1-6H3,(H,46,54)(H,47,55)(H,52,53)(H,57,58). The first-order chi connectivity index (χ1) is 27.5. The molecule has 4 rings (SSSR count). The number of aromatic nitrogens is 2. The first-order valence-electron chi connectivity index (χ1n) is 18.1. The monoisotopic (exact) mass is 825 g/mol. The summed E-state index contributed by atoms with van der Waals surface area (Å²) in [5.74, 6) is -11.7. The minimum absolute atomic E-state index is 0.0692. The van der Waals surface area contributed by atoms with Gasteiger partial charge >= 0.3 is 17.6 Å². The van der Waals surface area contributed by atoms with Gasteiger partial charge in [0.1, 0.15) is 47.0 Å². The quantitative estimate of drug-likeness (QED) is 0.127. The lowest BCUT2D eigenvalue weighted by Gasteiger charge is -2.26. The zero-order chi connectivity index (χ0) is 44.1. The summed E-state index contributed by atoms with van der Waals surface area (Å²) in [6.07, 6.45) is -0.0345. The second kappa shape index (κ2) is 18.3. The number of nitrogens with one attached hydrogen (secondary N) is 2. The molecule has 4 aromatic rings. The maximum absolute atomic E-state index is 15.5. The van der Waals surface area contributed by atoms with Crippen molar-refractivity contribution >= 4 is 29.7 Å². The average molecular weight is 826 g/mol. The van der Waals surface area contributed by atoms with E-state index >= 15 is 8.78 Å². The molecule has 1 unspecified atom stereocenters. The van der Waals surface area contributed by atoms with Crippen LogP contribution in [0.15, 0.2) is 58.1 Å². The van der Waals surface area contributed by atoms with E-state index in [4.69, 9.17) is 5.11 Å². The number of halogens is 4. The van der Waals surface area contributed by atoms with Gasteiger partial charge in [0.15, 0.2) is 0 Å². The number of carbonyl (C=O) groups is 5. The molecule has 0 bridgehead atoms. The predicted molar refractivity (Wildman–Crippen MR) is 205 cm³/mol. The maximum atomic E-state index is 15.5. The van der Waals surface area contributed by atoms with Crippen molar-refractivity contribution in [2.24, 2.45) is 19.5 Å². The third-order valence-corrected chi connectivity index (χ3v) is 9.49. The van der Waals surface area contributed by atoms with Crippen molar-refractivity contribution in [3.05, 3.63) is 126 Å². The van der Waals surface area contributed by atoms with E-state index in [1.54, 1.807) is 6.92 Å². The molecule has 0 fully saturated rings. The normalized spacial score (nSPS) is 11.8. The van der Waals surface area contributed by atoms with Crippen LogP contribution in [0, 0.1) is 35.6 Å². The molecular weight excluding hydrogens is 782 g/mol. The van der Waals surface area contributed by atoms with Crippen molar-refractivity contribution in [3.8, 4) is 11.1 Å². The molecular formula is C41H43F4N5O9. The Morgan fingerprint density at radius 1 is 0.763 bits per heavy atom. The summed E-state index contributed by atoms with van der Waals surface area (Å²) in [5, 5.41) is 22.6. The fourth-order valence-electron chi connectivity index (χ4n) is 6.18. The van der Waals surface area contributed by atoms with Crippen LogP contribution in [0.2, 0.25) is 0 Å². The van der Waals surface area contributed by atoms with E-state index in [-0.39, 0.29) is 34.9 Å². The van der Waals surface area contributed by atoms with Crippen LogP contribution in [-0.2, 0) is 48.0 Å². The van der Waals surface area contributed by atoms with Gasteiger partial charge in [0.25, 0.3) is 17.4 Å². The fourth-order valence-corrected chi connectivity index (χ4v) is 6.18. The summed E-state index contributed by atoms with van der Waals surface area (Å²) in [6.45, 7) is 5.32. The van der Waals surface area contributed by atoms with E-state index in [1.807, 2.05) is 26.1 Å². The number of carbonyl (C=O) groups excluding carboxylic acids is 3. The molecule has 0 radical (unpaired) electrons. The molecule has 0 aliphatic rings. The Bertz CT molecular complexity index is 2390. The number of nitrogens with zero attached hydrogens (tertiary/aromatic N) is 3. The number of aliphatic carboxylic acids is 2. The smallest absolute Gasteiger partial charge is 0.330 e. The van der Waals surface area contributed by atoms with Crippen molar-refractivity contribution in [2.45, 2.75) is 66.1 Å². The van der Waals surface area contributed by atoms with Crippen LogP contribution in [0.5, 0.6) is 0 Å². The number of amides is 3. The molecule has 0 spiro atoms. The summed E-state index contributed by atoms with van der Waals surface area (Å²) in [7, 11) is 2.84. The van der Waals surface area contributed by atoms with E-state index in [9.17, 15) is 47.4 Å². The molecule has 4 N–H and O–H groups in total. The van der Waals surface area contributed by atoms with Gasteiger partial charge in [-0.25, -0.2) is 27.2 Å². The highest BCUT2D eigenvalue weighted by Gasteiger charge is 2.28. The van der Waals surface area contributed by atoms with Crippen LogP contribution in [-0.4, -0.2) is 66.5 Å². The van der Waals surface area contributed by atoms with Gasteiger partial charge in [-0.1, -0.05) is 45.0 Å². The van der Waals surface area contributed by atoms with Crippen LogP contribution < -0.4 is 21.9 Å². The number of rotatable bonds is 15. The summed E-state index contributed by atoms with van der Waals surface area (Å²) in [4.78, 5) is 87.9. The minimum Gasteiger partial charge on any atom is -0.480 e. The van der Waals surface area contributed by atoms with E-state index < -0.39 is 101 Å². The van der Waals surface area contributed by atoms with Crippen molar-refractivity contribution in [2.75, 3.05) is 6.54 Å². The van der Waals surface area contributed by atoms with E-state index in [0.29, 0.717) is 23.2 Å². The molecule has 0 aliphatic heterocycles. The molecule has 0 saturated heterocycles. The van der Waals surface area contributed by atoms with Gasteiger partial charge in [0.2, 0.25) is 5.91 Å². The van der Waals surface area contributed by atoms with Gasteiger partial charge in [0.05, 0.1) is 5.56 Å². The topological polar surface area (TPSA) is 197 Å². The summed E-state index contributed by atoms with van der Waals surface area (Å²) in [5.41, 5.74) is -2.38. The van der Waals surface area contributed by atoms with Crippen LogP contribution >= 0.6 is 0 Å². The Labute approximate surface area is 335 Å². The van der Waals surface area contributed by atoms with Crippen LogP contribution in [0.3, 0.4) is 0 Å². The Hall–Kier alpha value is -6.59. The Morgan fingerprint density at radius 3 is 1.71 bits per heavy atom. The number of hydrogen-bond acceptors (Lipinski definition) is 7. The Balaban J connectivity index is 1.56. The predicted octanol–water partition coefficient (Wildman–Crippen LogP) is 4.21. The van der Waals surface area contributed by atoms with Gasteiger partial charge in [0, 0.05) is 45.7 Å². The third-order valence-electron chi connectivity index (χ3n) is 9.49. The van der Waals surface area contributed by atoms with Crippen molar-refractivity contribution in [3.63, 3.8) is 0 Å². The lowest BCUT2D eigenvalue weighted by Crippen LogP contribution is -2.43. The molecule has 0 saturated carbocycles. The molecule has 314 valence electrons. The van der Waals surface area contributed by atoms with Gasteiger partial charge in [-0.05, 0) is 65.3 Å². The minimum atomic E-state index is -1.66. The number of carboxylic acids is 2. The largest absolute Gasteiger partial charge is 0.480 e. The van der Waals surface area contributed by atoms with Crippen LogP contribution in [0.1, 0.15) is 76.7 Å². The Morgan fingerprint density at radius 2 is 1.25 bits per heavy atom. The number of benzene rings is 3. The lowest BCUT2D eigenvalue weighted by molar-refractivity contribution is -0.139. The Kier molecular flexibility index (Phi) is 14.0. The van der Waals surface area contributed by atoms with Crippen LogP contribution in [0.4, 0.5) is 17.6 Å². The molecule has 59 heavy (non-hydrogen) atoms. The van der Waals surface area contributed by atoms with Gasteiger partial charge in [-0.2, -0.15) is 0 Å². The SMILES string of the molecule is Cc1c(-c2ccc(CC(NC(=O)c3c(F)cc(CN(Cc4cc(F)c(C(=O)NCC(=O)O)c(F)c4)C(=O)CCC(C)(C)C)cc3F)C(=O)O)cc2)c(=O)n(C)c(=O)n1C. The summed E-state index contributed by atoms with van der Waals surface area (Å²) >= 11 is 0. The zero-order valence-corrected chi connectivity index (χ0v) is 33.0. The number of carboxylic acid groups (broad SMARTS) is 2. The average Bonchev–Trinajstić information content (AvgIpc) is 3.13. The summed E-state index contributed by atoms with van der Waals surface area (Å²) in [6, 6.07) is 7.47. The lowest BCUT2D eigenvalue weighted by atomic mass is 9.90. The molecule has 0 aliphatic carbocycles. The van der Waals surface area contributed by atoms with E-state index in [1.165, 1.54) is 42.9 Å². The fraction of sp³-hybridized carbons (Fsp3) is 0.341. The molecule has 18 heteroatoms. The van der Waals surface area contributed by atoms with Crippen LogP contribution in [0.25, 0.3) is 11.1 Å². The highest BCUT2D eigenvalue weighted by Crippen LogP contribution is 2.25. The van der Waals surface area contributed by atoms with E-state index in [0.717, 1.165) is 33.7 Å². The van der Waals surface area contributed by atoms with Gasteiger partial charge < -0.3 is 30.3 Å². The highest BCUT2D eigenvalue weighted by molar-refractivity contribution is 5.97. The molecule has 1 heterocycles. The molecule has 14 nitrogen and oxygen atoms in total. The molecule has 1 aromatic heterocycles. The highest BCUT2D eigenvalue weighted by atomic mass is 19.1. The van der Waals surface area contributed by atoms with Crippen molar-refractivity contribution < 1.29 is 51.7 Å². The number of hydrogen-bond donors (Lipinski definition) is 4. The van der Waals surface area contributed by atoms with Crippen molar-refractivity contribution in [1.29, 1.82) is 0 Å². The van der Waals surface area contributed by atoms with Crippen molar-refractivity contribution in [1.82, 2.24) is 24.7 Å². The second-order valence-electron chi connectivity index (χ2n) is 15.2. The first kappa shape index (κ1) is 45.1. The second-order valence-corrected chi connectivity index (χ2v) is 15.2. The van der Waals surface area contributed by atoms with Gasteiger partial charge in [-0.15, -0.1) is 0 Å². The molecule has 1 atom stereocenters. The maximum Gasteiger partial charge on any atom is 0.330 e. The van der Waals surface area contributed by atoms with E-state index in [2.05, 4.69) is 5.32 Å². The molecule has 3 aromatic carbocycles. The molecule has 3 amide bonds. The van der Waals surface area contributed by atoms with Gasteiger partial charge in [-0.3, -0.25) is 28.5 Å². The summed E-state index contributed by atoms with van der Waals surface area (Å²) < 4.78 is 63.2.